The molecule has 0 aromatic rings. The molecule has 1 heterocycles. The van der Waals surface area contributed by atoms with Crippen LogP contribution >= 0.6 is 0 Å². The third kappa shape index (κ3) is 3.71. The number of hydrogen-bond donors (Lipinski definition) is 2. The van der Waals surface area contributed by atoms with E-state index >= 15 is 0 Å². The number of amides is 1. The van der Waals surface area contributed by atoms with E-state index in [1.807, 2.05) is 0 Å². The van der Waals surface area contributed by atoms with E-state index in [9.17, 15) is 4.79 Å². The van der Waals surface area contributed by atoms with Crippen LogP contribution in [0.4, 0.5) is 0 Å². The average Bonchev–Trinajstić information content (AvgIpc) is 2.55. The summed E-state index contributed by atoms with van der Waals surface area (Å²) in [4.78, 5) is 12.3. The molecule has 1 aliphatic heterocycles. The Labute approximate surface area is 111 Å². The maximum absolute atomic E-state index is 12.3. The second kappa shape index (κ2) is 6.55. The van der Waals surface area contributed by atoms with Gasteiger partial charge >= 0.3 is 0 Å². The molecule has 3 nitrogen and oxygen atoms in total. The first-order chi connectivity index (χ1) is 8.66. The zero-order valence-corrected chi connectivity index (χ0v) is 11.9. The first-order valence-corrected chi connectivity index (χ1v) is 7.70. The zero-order valence-electron chi connectivity index (χ0n) is 11.9. The van der Waals surface area contributed by atoms with Crippen LogP contribution in [-0.2, 0) is 4.79 Å². The molecule has 3 heteroatoms. The Morgan fingerprint density at radius 2 is 1.89 bits per heavy atom. The van der Waals surface area contributed by atoms with Gasteiger partial charge in [-0.2, -0.15) is 0 Å². The van der Waals surface area contributed by atoms with Crippen LogP contribution in [0.5, 0.6) is 0 Å². The van der Waals surface area contributed by atoms with Crippen molar-refractivity contribution < 1.29 is 4.79 Å². The lowest BCUT2D eigenvalue weighted by molar-refractivity contribution is -0.127. The minimum absolute atomic E-state index is 0.233. The SMILES string of the molecule is CC1CC(C(=O)NC2CCCCCC2C)CCN1. The molecule has 0 aromatic heterocycles. The fourth-order valence-electron chi connectivity index (χ4n) is 3.38. The minimum Gasteiger partial charge on any atom is -0.353 e. The fourth-order valence-corrected chi connectivity index (χ4v) is 3.38. The standard InChI is InChI=1S/C15H28N2O/c1-11-6-4-3-5-7-14(11)17-15(18)13-8-9-16-12(2)10-13/h11-14,16H,3-10H2,1-2H3,(H,17,18). The maximum Gasteiger partial charge on any atom is 0.223 e. The van der Waals surface area contributed by atoms with Gasteiger partial charge in [0.15, 0.2) is 0 Å². The summed E-state index contributed by atoms with van der Waals surface area (Å²) >= 11 is 0. The molecular formula is C15H28N2O. The summed E-state index contributed by atoms with van der Waals surface area (Å²) in [6, 6.07) is 0.909. The number of piperidine rings is 1. The van der Waals surface area contributed by atoms with Crippen molar-refractivity contribution in [1.29, 1.82) is 0 Å². The van der Waals surface area contributed by atoms with Gasteiger partial charge < -0.3 is 10.6 Å². The quantitative estimate of drug-likeness (QED) is 0.741. The predicted octanol–water partition coefficient (Wildman–Crippen LogP) is 2.46. The summed E-state index contributed by atoms with van der Waals surface area (Å²) in [6.07, 6.45) is 8.38. The van der Waals surface area contributed by atoms with Crippen LogP contribution in [0.3, 0.4) is 0 Å². The van der Waals surface area contributed by atoms with E-state index in [0.29, 0.717) is 23.9 Å². The first kappa shape index (κ1) is 13.9. The second-order valence-corrected chi connectivity index (χ2v) is 6.31. The Balaban J connectivity index is 1.85. The van der Waals surface area contributed by atoms with E-state index in [1.165, 1.54) is 32.1 Å². The highest BCUT2D eigenvalue weighted by Gasteiger charge is 2.28. The van der Waals surface area contributed by atoms with Crippen LogP contribution < -0.4 is 10.6 Å². The van der Waals surface area contributed by atoms with E-state index in [0.717, 1.165) is 19.4 Å². The van der Waals surface area contributed by atoms with Crippen LogP contribution in [0.25, 0.3) is 0 Å². The second-order valence-electron chi connectivity index (χ2n) is 6.31. The molecule has 1 saturated carbocycles. The Kier molecular flexibility index (Phi) is 5.04. The molecular weight excluding hydrogens is 224 g/mol. The number of carbonyl (C=O) groups excluding carboxylic acids is 1. The van der Waals surface area contributed by atoms with E-state index in [-0.39, 0.29) is 5.92 Å². The molecule has 1 saturated heterocycles. The average molecular weight is 252 g/mol. The number of nitrogens with one attached hydrogen (secondary N) is 2. The normalized spacial score (nSPS) is 37.9. The molecule has 0 spiro atoms. The Morgan fingerprint density at radius 3 is 2.67 bits per heavy atom. The van der Waals surface area contributed by atoms with Gasteiger partial charge in [-0.05, 0) is 45.1 Å². The molecule has 0 radical (unpaired) electrons. The van der Waals surface area contributed by atoms with Gasteiger partial charge in [-0.3, -0.25) is 4.79 Å². The molecule has 0 bridgehead atoms. The van der Waals surface area contributed by atoms with Gasteiger partial charge in [0.05, 0.1) is 0 Å². The number of carbonyl (C=O) groups is 1. The summed E-state index contributed by atoms with van der Waals surface area (Å²) in [5.74, 6) is 1.19. The molecule has 4 unspecified atom stereocenters. The number of rotatable bonds is 2. The van der Waals surface area contributed by atoms with Gasteiger partial charge in [0.2, 0.25) is 5.91 Å². The molecule has 0 aromatic carbocycles. The highest BCUT2D eigenvalue weighted by atomic mass is 16.1. The predicted molar refractivity (Wildman–Crippen MR) is 74.4 cm³/mol. The van der Waals surface area contributed by atoms with E-state index in [1.54, 1.807) is 0 Å². The molecule has 1 aliphatic carbocycles. The third-order valence-corrected chi connectivity index (χ3v) is 4.68. The van der Waals surface area contributed by atoms with E-state index in [4.69, 9.17) is 0 Å². The molecule has 4 atom stereocenters. The highest BCUT2D eigenvalue weighted by Crippen LogP contribution is 2.24. The lowest BCUT2D eigenvalue weighted by Crippen LogP contribution is -2.46. The van der Waals surface area contributed by atoms with Crippen LogP contribution in [-0.4, -0.2) is 24.5 Å². The van der Waals surface area contributed by atoms with Crippen molar-refractivity contribution in [2.24, 2.45) is 11.8 Å². The third-order valence-electron chi connectivity index (χ3n) is 4.68. The van der Waals surface area contributed by atoms with E-state index in [2.05, 4.69) is 24.5 Å². The van der Waals surface area contributed by atoms with Crippen molar-refractivity contribution in [2.45, 2.75) is 70.9 Å². The highest BCUT2D eigenvalue weighted by molar-refractivity contribution is 5.79. The molecule has 2 rings (SSSR count). The minimum atomic E-state index is 0.233. The van der Waals surface area contributed by atoms with Crippen LogP contribution in [0, 0.1) is 11.8 Å². The largest absolute Gasteiger partial charge is 0.353 e. The van der Waals surface area contributed by atoms with Crippen molar-refractivity contribution in [3.05, 3.63) is 0 Å². The lowest BCUT2D eigenvalue weighted by Gasteiger charge is -2.30. The number of hydrogen-bond acceptors (Lipinski definition) is 2. The van der Waals surface area contributed by atoms with Gasteiger partial charge in [0, 0.05) is 18.0 Å². The van der Waals surface area contributed by atoms with Gasteiger partial charge in [0.25, 0.3) is 0 Å². The molecule has 2 fully saturated rings. The van der Waals surface area contributed by atoms with Crippen molar-refractivity contribution in [3.63, 3.8) is 0 Å². The molecule has 104 valence electrons. The van der Waals surface area contributed by atoms with Crippen LogP contribution in [0.1, 0.15) is 58.8 Å². The Morgan fingerprint density at radius 1 is 1.11 bits per heavy atom. The van der Waals surface area contributed by atoms with Crippen LogP contribution in [0.2, 0.25) is 0 Å². The molecule has 2 aliphatic rings. The zero-order chi connectivity index (χ0) is 13.0. The monoisotopic (exact) mass is 252 g/mol. The molecule has 2 N–H and O–H groups in total. The maximum atomic E-state index is 12.3. The van der Waals surface area contributed by atoms with Gasteiger partial charge in [-0.25, -0.2) is 0 Å². The molecule has 18 heavy (non-hydrogen) atoms. The Hall–Kier alpha value is -0.570. The fraction of sp³-hybridized carbons (Fsp3) is 0.933. The summed E-state index contributed by atoms with van der Waals surface area (Å²) in [5, 5.41) is 6.74. The topological polar surface area (TPSA) is 41.1 Å². The van der Waals surface area contributed by atoms with Crippen molar-refractivity contribution in [2.75, 3.05) is 6.54 Å². The lowest BCUT2D eigenvalue weighted by atomic mass is 9.90. The van der Waals surface area contributed by atoms with Gasteiger partial charge in [-0.15, -0.1) is 0 Å². The van der Waals surface area contributed by atoms with Crippen molar-refractivity contribution >= 4 is 5.91 Å². The van der Waals surface area contributed by atoms with Crippen molar-refractivity contribution in [3.8, 4) is 0 Å². The Bertz CT molecular complexity index is 280. The van der Waals surface area contributed by atoms with Gasteiger partial charge in [0.1, 0.15) is 0 Å². The smallest absolute Gasteiger partial charge is 0.223 e. The summed E-state index contributed by atoms with van der Waals surface area (Å²) in [6.45, 7) is 5.45. The van der Waals surface area contributed by atoms with Crippen molar-refractivity contribution in [1.82, 2.24) is 10.6 Å². The first-order valence-electron chi connectivity index (χ1n) is 7.70. The van der Waals surface area contributed by atoms with E-state index < -0.39 is 0 Å². The summed E-state index contributed by atoms with van der Waals surface area (Å²) in [5.41, 5.74) is 0. The summed E-state index contributed by atoms with van der Waals surface area (Å²) < 4.78 is 0. The summed E-state index contributed by atoms with van der Waals surface area (Å²) in [7, 11) is 0. The van der Waals surface area contributed by atoms with Crippen LogP contribution in [0.15, 0.2) is 0 Å². The van der Waals surface area contributed by atoms with Gasteiger partial charge in [-0.1, -0.05) is 26.2 Å². The molecule has 1 amide bonds.